The molecule has 0 saturated carbocycles. The second-order valence-corrected chi connectivity index (χ2v) is 3.79. The SMILES string of the molecule is CN(CCc1cccc(Cl)c1)C(=O)CO. The van der Waals surface area contributed by atoms with Crippen LogP contribution in [0.3, 0.4) is 0 Å². The van der Waals surface area contributed by atoms with Crippen LogP contribution in [-0.2, 0) is 11.2 Å². The fourth-order valence-electron chi connectivity index (χ4n) is 1.23. The largest absolute Gasteiger partial charge is 0.387 e. The Morgan fingerprint density at radius 3 is 2.87 bits per heavy atom. The Morgan fingerprint density at radius 2 is 2.27 bits per heavy atom. The lowest BCUT2D eigenvalue weighted by atomic mass is 10.1. The highest BCUT2D eigenvalue weighted by atomic mass is 35.5. The van der Waals surface area contributed by atoms with E-state index in [2.05, 4.69) is 0 Å². The number of nitrogens with zero attached hydrogens (tertiary/aromatic N) is 1. The standard InChI is InChI=1S/C11H14ClNO2/c1-13(11(15)8-14)6-5-9-3-2-4-10(12)7-9/h2-4,7,14H,5-6,8H2,1H3. The Morgan fingerprint density at radius 1 is 1.53 bits per heavy atom. The Kier molecular flexibility index (Phi) is 4.59. The van der Waals surface area contributed by atoms with E-state index in [9.17, 15) is 4.79 Å². The molecule has 1 rings (SSSR count). The summed E-state index contributed by atoms with van der Waals surface area (Å²) in [6.45, 7) is 0.145. The average molecular weight is 228 g/mol. The number of aliphatic hydroxyl groups excluding tert-OH is 1. The maximum atomic E-state index is 11.0. The van der Waals surface area contributed by atoms with Crippen molar-refractivity contribution in [2.45, 2.75) is 6.42 Å². The van der Waals surface area contributed by atoms with Crippen LogP contribution >= 0.6 is 11.6 Å². The van der Waals surface area contributed by atoms with Crippen LogP contribution in [-0.4, -0.2) is 36.1 Å². The monoisotopic (exact) mass is 227 g/mol. The van der Waals surface area contributed by atoms with Gasteiger partial charge >= 0.3 is 0 Å². The van der Waals surface area contributed by atoms with Crippen LogP contribution in [0, 0.1) is 0 Å². The Balaban J connectivity index is 2.47. The third kappa shape index (κ3) is 3.90. The van der Waals surface area contributed by atoms with Crippen molar-refractivity contribution in [2.24, 2.45) is 0 Å². The van der Waals surface area contributed by atoms with Gasteiger partial charge in [-0.25, -0.2) is 0 Å². The van der Waals surface area contributed by atoms with Gasteiger partial charge in [0.25, 0.3) is 0 Å². The smallest absolute Gasteiger partial charge is 0.248 e. The van der Waals surface area contributed by atoms with E-state index < -0.39 is 6.61 Å². The molecule has 1 aromatic rings. The maximum absolute atomic E-state index is 11.0. The summed E-state index contributed by atoms with van der Waals surface area (Å²) < 4.78 is 0. The van der Waals surface area contributed by atoms with E-state index >= 15 is 0 Å². The van der Waals surface area contributed by atoms with Crippen molar-refractivity contribution in [1.29, 1.82) is 0 Å². The predicted molar refractivity (Wildman–Crippen MR) is 59.9 cm³/mol. The van der Waals surface area contributed by atoms with Crippen LogP contribution in [0.25, 0.3) is 0 Å². The van der Waals surface area contributed by atoms with Gasteiger partial charge < -0.3 is 10.0 Å². The van der Waals surface area contributed by atoms with Crippen molar-refractivity contribution >= 4 is 17.5 Å². The minimum Gasteiger partial charge on any atom is -0.387 e. The number of carbonyl (C=O) groups is 1. The van der Waals surface area contributed by atoms with E-state index in [1.807, 2.05) is 24.3 Å². The van der Waals surface area contributed by atoms with E-state index in [0.29, 0.717) is 11.6 Å². The van der Waals surface area contributed by atoms with Crippen molar-refractivity contribution < 1.29 is 9.90 Å². The summed E-state index contributed by atoms with van der Waals surface area (Å²) >= 11 is 5.83. The molecule has 0 heterocycles. The Labute approximate surface area is 94.3 Å². The van der Waals surface area contributed by atoms with Gasteiger partial charge in [0.15, 0.2) is 0 Å². The van der Waals surface area contributed by atoms with Crippen LogP contribution in [0.4, 0.5) is 0 Å². The van der Waals surface area contributed by atoms with Crippen molar-refractivity contribution in [2.75, 3.05) is 20.2 Å². The minimum absolute atomic E-state index is 0.267. The Hall–Kier alpha value is -1.06. The summed E-state index contributed by atoms with van der Waals surface area (Å²) in [6.07, 6.45) is 0.739. The topological polar surface area (TPSA) is 40.5 Å². The van der Waals surface area contributed by atoms with E-state index in [1.165, 1.54) is 4.90 Å². The molecule has 1 amide bonds. The lowest BCUT2D eigenvalue weighted by Gasteiger charge is -2.15. The number of carbonyl (C=O) groups excluding carboxylic acids is 1. The molecule has 0 aromatic heterocycles. The molecule has 3 nitrogen and oxygen atoms in total. The summed E-state index contributed by atoms with van der Waals surface area (Å²) in [5.74, 6) is -0.267. The molecule has 0 bridgehead atoms. The highest BCUT2D eigenvalue weighted by Crippen LogP contribution is 2.11. The minimum atomic E-state index is -0.438. The van der Waals surface area contributed by atoms with Crippen molar-refractivity contribution in [3.05, 3.63) is 34.9 Å². The highest BCUT2D eigenvalue weighted by Gasteiger charge is 2.06. The molecule has 4 heteroatoms. The normalized spacial score (nSPS) is 10.1. The lowest BCUT2D eigenvalue weighted by molar-refractivity contribution is -0.132. The van der Waals surface area contributed by atoms with Gasteiger partial charge in [0.2, 0.25) is 5.91 Å². The number of halogens is 1. The van der Waals surface area contributed by atoms with E-state index in [1.54, 1.807) is 7.05 Å². The number of likely N-dealkylation sites (N-methyl/N-ethyl adjacent to an activating group) is 1. The second kappa shape index (κ2) is 5.73. The van der Waals surface area contributed by atoms with Gasteiger partial charge in [0.1, 0.15) is 6.61 Å². The van der Waals surface area contributed by atoms with Crippen LogP contribution in [0.1, 0.15) is 5.56 Å². The fourth-order valence-corrected chi connectivity index (χ4v) is 1.45. The number of amides is 1. The van der Waals surface area contributed by atoms with Gasteiger partial charge in [-0.3, -0.25) is 4.79 Å². The van der Waals surface area contributed by atoms with E-state index in [4.69, 9.17) is 16.7 Å². The first-order valence-corrected chi connectivity index (χ1v) is 5.10. The van der Waals surface area contributed by atoms with Crippen molar-refractivity contribution in [3.63, 3.8) is 0 Å². The van der Waals surface area contributed by atoms with Crippen LogP contribution < -0.4 is 0 Å². The molecule has 0 saturated heterocycles. The third-order valence-corrected chi connectivity index (χ3v) is 2.42. The van der Waals surface area contributed by atoms with Crippen LogP contribution in [0.2, 0.25) is 5.02 Å². The zero-order valence-electron chi connectivity index (χ0n) is 8.61. The van der Waals surface area contributed by atoms with Gasteiger partial charge in [-0.05, 0) is 24.1 Å². The molecule has 0 spiro atoms. The van der Waals surface area contributed by atoms with Crippen molar-refractivity contribution in [1.82, 2.24) is 4.90 Å². The maximum Gasteiger partial charge on any atom is 0.248 e. The number of rotatable bonds is 4. The summed E-state index contributed by atoms with van der Waals surface area (Å²) in [7, 11) is 1.67. The zero-order chi connectivity index (χ0) is 11.3. The number of benzene rings is 1. The number of hydrogen-bond acceptors (Lipinski definition) is 2. The molecule has 0 aliphatic heterocycles. The quantitative estimate of drug-likeness (QED) is 0.843. The predicted octanol–water partition coefficient (Wildman–Crippen LogP) is 1.33. The fraction of sp³-hybridized carbons (Fsp3) is 0.364. The van der Waals surface area contributed by atoms with Gasteiger partial charge in [-0.2, -0.15) is 0 Å². The van der Waals surface area contributed by atoms with E-state index in [0.717, 1.165) is 12.0 Å². The molecule has 1 N–H and O–H groups in total. The molecular formula is C11H14ClNO2. The van der Waals surface area contributed by atoms with Gasteiger partial charge in [0, 0.05) is 18.6 Å². The molecule has 0 fully saturated rings. The lowest BCUT2D eigenvalue weighted by Crippen LogP contribution is -2.31. The third-order valence-electron chi connectivity index (χ3n) is 2.19. The summed E-state index contributed by atoms with van der Waals surface area (Å²) in [5, 5.41) is 9.33. The first-order chi connectivity index (χ1) is 7.13. The molecule has 0 aliphatic carbocycles. The highest BCUT2D eigenvalue weighted by molar-refractivity contribution is 6.30. The summed E-state index contributed by atoms with van der Waals surface area (Å²) in [5.41, 5.74) is 1.08. The summed E-state index contributed by atoms with van der Waals surface area (Å²) in [4.78, 5) is 12.6. The first kappa shape index (κ1) is 12.0. The molecule has 0 unspecified atom stereocenters. The average Bonchev–Trinajstić information content (AvgIpc) is 2.25. The van der Waals surface area contributed by atoms with E-state index in [-0.39, 0.29) is 5.91 Å². The van der Waals surface area contributed by atoms with Crippen molar-refractivity contribution in [3.8, 4) is 0 Å². The Bertz CT molecular complexity index is 341. The molecular weight excluding hydrogens is 214 g/mol. The number of hydrogen-bond donors (Lipinski definition) is 1. The molecule has 0 radical (unpaired) electrons. The molecule has 82 valence electrons. The van der Waals surface area contributed by atoms with Crippen LogP contribution in [0.15, 0.2) is 24.3 Å². The molecule has 0 aliphatic rings. The number of aliphatic hydroxyl groups is 1. The zero-order valence-corrected chi connectivity index (χ0v) is 9.37. The van der Waals surface area contributed by atoms with Gasteiger partial charge in [-0.1, -0.05) is 23.7 Å². The second-order valence-electron chi connectivity index (χ2n) is 3.35. The first-order valence-electron chi connectivity index (χ1n) is 4.72. The molecule has 0 atom stereocenters. The summed E-state index contributed by atoms with van der Waals surface area (Å²) in [6, 6.07) is 7.53. The van der Waals surface area contributed by atoms with Crippen LogP contribution in [0.5, 0.6) is 0 Å². The van der Waals surface area contributed by atoms with Gasteiger partial charge in [0.05, 0.1) is 0 Å². The molecule has 15 heavy (non-hydrogen) atoms. The molecule has 1 aromatic carbocycles. The van der Waals surface area contributed by atoms with Gasteiger partial charge in [-0.15, -0.1) is 0 Å².